The first kappa shape index (κ1) is 16.5. The van der Waals surface area contributed by atoms with Gasteiger partial charge in [0, 0.05) is 17.6 Å². The number of carbonyl (C=O) groups is 2. The van der Waals surface area contributed by atoms with E-state index in [1.807, 2.05) is 17.0 Å². The Bertz CT molecular complexity index is 598. The van der Waals surface area contributed by atoms with Crippen molar-refractivity contribution in [3.8, 4) is 0 Å². The van der Waals surface area contributed by atoms with Crippen LogP contribution in [0.1, 0.15) is 37.2 Å². The van der Waals surface area contributed by atoms with Crippen LogP contribution in [0.15, 0.2) is 28.7 Å². The summed E-state index contributed by atoms with van der Waals surface area (Å²) in [6, 6.07) is 8.32. The average Bonchev–Trinajstić information content (AvgIpc) is 3.04. The second-order valence-electron chi connectivity index (χ2n) is 6.18. The average molecular weight is 382 g/mol. The molecule has 3 rings (SSSR count). The molecule has 0 radical (unpaired) electrons. The van der Waals surface area contributed by atoms with Crippen LogP contribution in [0.25, 0.3) is 0 Å². The highest BCUT2D eigenvalue weighted by atomic mass is 79.9. The van der Waals surface area contributed by atoms with Gasteiger partial charge < -0.3 is 14.7 Å². The van der Waals surface area contributed by atoms with E-state index in [1.54, 1.807) is 0 Å². The fourth-order valence-corrected chi connectivity index (χ4v) is 3.81. The highest BCUT2D eigenvalue weighted by molar-refractivity contribution is 9.10. The van der Waals surface area contributed by atoms with Crippen LogP contribution in [0, 0.1) is 0 Å². The fraction of sp³-hybridized carbons (Fsp3) is 0.529. The number of rotatable bonds is 3. The van der Waals surface area contributed by atoms with Gasteiger partial charge in [0.05, 0.1) is 0 Å². The molecular formula is C17H20BrNO4. The molecule has 1 aromatic rings. The molecule has 0 unspecified atom stereocenters. The molecule has 1 amide bonds. The molecule has 0 aliphatic carbocycles. The van der Waals surface area contributed by atoms with Gasteiger partial charge in [-0.15, -0.1) is 0 Å². The number of halogens is 1. The first-order chi connectivity index (χ1) is 11.0. The maximum Gasteiger partial charge on any atom is 0.332 e. The number of ether oxygens (including phenoxy) is 1. The third-order valence-electron chi connectivity index (χ3n) is 4.70. The maximum atomic E-state index is 12.5. The molecule has 0 aromatic heterocycles. The molecule has 1 aromatic carbocycles. The van der Waals surface area contributed by atoms with Crippen LogP contribution in [0.3, 0.4) is 0 Å². The van der Waals surface area contributed by atoms with E-state index in [-0.39, 0.29) is 5.91 Å². The van der Waals surface area contributed by atoms with Crippen molar-refractivity contribution in [3.05, 3.63) is 34.3 Å². The van der Waals surface area contributed by atoms with Crippen molar-refractivity contribution in [2.45, 2.75) is 43.8 Å². The SMILES string of the molecule is O=C(O)[C@H]1CC[C@@H](C(=O)N2CCC(c3cccc(Br)c3)CC2)O1. The molecule has 2 aliphatic heterocycles. The molecule has 2 saturated heterocycles. The van der Waals surface area contributed by atoms with E-state index in [2.05, 4.69) is 28.1 Å². The van der Waals surface area contributed by atoms with Crippen LogP contribution in [-0.4, -0.2) is 47.2 Å². The van der Waals surface area contributed by atoms with E-state index in [0.717, 1.165) is 17.3 Å². The summed E-state index contributed by atoms with van der Waals surface area (Å²) >= 11 is 3.50. The number of hydrogen-bond donors (Lipinski definition) is 1. The number of carbonyl (C=O) groups excluding carboxylic acids is 1. The first-order valence-electron chi connectivity index (χ1n) is 7.97. The Balaban J connectivity index is 1.55. The van der Waals surface area contributed by atoms with Gasteiger partial charge in [0.1, 0.15) is 6.10 Å². The lowest BCUT2D eigenvalue weighted by Gasteiger charge is -2.33. The van der Waals surface area contributed by atoms with Crippen molar-refractivity contribution < 1.29 is 19.4 Å². The van der Waals surface area contributed by atoms with Crippen molar-refractivity contribution >= 4 is 27.8 Å². The largest absolute Gasteiger partial charge is 0.479 e. The minimum Gasteiger partial charge on any atom is -0.479 e. The molecule has 0 saturated carbocycles. The zero-order valence-corrected chi connectivity index (χ0v) is 14.4. The van der Waals surface area contributed by atoms with Crippen molar-refractivity contribution in [1.29, 1.82) is 0 Å². The van der Waals surface area contributed by atoms with Gasteiger partial charge in [-0.1, -0.05) is 28.1 Å². The molecule has 0 spiro atoms. The summed E-state index contributed by atoms with van der Waals surface area (Å²) < 4.78 is 6.44. The molecule has 2 heterocycles. The van der Waals surface area contributed by atoms with Crippen LogP contribution in [0.5, 0.6) is 0 Å². The minimum atomic E-state index is -0.978. The molecule has 5 nitrogen and oxygen atoms in total. The number of nitrogens with zero attached hydrogens (tertiary/aromatic N) is 1. The van der Waals surface area contributed by atoms with Crippen LogP contribution in [-0.2, 0) is 14.3 Å². The normalized spacial score (nSPS) is 25.5. The molecule has 2 aliphatic rings. The van der Waals surface area contributed by atoms with Crippen molar-refractivity contribution in [2.24, 2.45) is 0 Å². The Hall–Kier alpha value is -1.40. The lowest BCUT2D eigenvalue weighted by molar-refractivity contribution is -0.155. The van der Waals surface area contributed by atoms with E-state index in [1.165, 1.54) is 5.56 Å². The molecular weight excluding hydrogens is 362 g/mol. The molecule has 23 heavy (non-hydrogen) atoms. The van der Waals surface area contributed by atoms with Crippen LogP contribution < -0.4 is 0 Å². The number of aliphatic carboxylic acids is 1. The second-order valence-corrected chi connectivity index (χ2v) is 7.10. The zero-order chi connectivity index (χ0) is 16.4. The smallest absolute Gasteiger partial charge is 0.332 e. The lowest BCUT2D eigenvalue weighted by Crippen LogP contribution is -2.43. The Labute approximate surface area is 143 Å². The Morgan fingerprint density at radius 1 is 1.13 bits per heavy atom. The van der Waals surface area contributed by atoms with E-state index in [0.29, 0.717) is 31.8 Å². The molecule has 2 atom stereocenters. The van der Waals surface area contributed by atoms with E-state index in [9.17, 15) is 9.59 Å². The Morgan fingerprint density at radius 2 is 1.83 bits per heavy atom. The van der Waals surface area contributed by atoms with Gasteiger partial charge in [0.15, 0.2) is 6.10 Å². The van der Waals surface area contributed by atoms with Gasteiger partial charge in [0.25, 0.3) is 5.91 Å². The minimum absolute atomic E-state index is 0.0542. The molecule has 124 valence electrons. The number of amides is 1. The summed E-state index contributed by atoms with van der Waals surface area (Å²) in [4.78, 5) is 25.2. The number of carboxylic acid groups (broad SMARTS) is 1. The zero-order valence-electron chi connectivity index (χ0n) is 12.8. The summed E-state index contributed by atoms with van der Waals surface area (Å²) in [6.07, 6.45) is 1.36. The number of hydrogen-bond acceptors (Lipinski definition) is 3. The van der Waals surface area contributed by atoms with Crippen LogP contribution >= 0.6 is 15.9 Å². The first-order valence-corrected chi connectivity index (χ1v) is 8.76. The standard InChI is InChI=1S/C17H20BrNO4/c18-13-3-1-2-12(10-13)11-6-8-19(9-7-11)16(20)14-4-5-15(23-14)17(21)22/h1-3,10-11,14-15H,4-9H2,(H,21,22)/t14-,15+/m0/s1. The number of benzene rings is 1. The van der Waals surface area contributed by atoms with Crippen LogP contribution in [0.4, 0.5) is 0 Å². The van der Waals surface area contributed by atoms with Gasteiger partial charge in [-0.2, -0.15) is 0 Å². The van der Waals surface area contributed by atoms with Crippen molar-refractivity contribution in [2.75, 3.05) is 13.1 Å². The highest BCUT2D eigenvalue weighted by Gasteiger charge is 2.37. The second kappa shape index (κ2) is 7.01. The molecule has 0 bridgehead atoms. The van der Waals surface area contributed by atoms with E-state index < -0.39 is 18.2 Å². The van der Waals surface area contributed by atoms with Crippen molar-refractivity contribution in [1.82, 2.24) is 4.90 Å². The van der Waals surface area contributed by atoms with Gasteiger partial charge in [0.2, 0.25) is 0 Å². The topological polar surface area (TPSA) is 66.8 Å². The number of likely N-dealkylation sites (tertiary alicyclic amines) is 1. The van der Waals surface area contributed by atoms with Crippen LogP contribution in [0.2, 0.25) is 0 Å². The third kappa shape index (κ3) is 3.75. The predicted molar refractivity (Wildman–Crippen MR) is 88.2 cm³/mol. The Kier molecular flexibility index (Phi) is 5.02. The van der Waals surface area contributed by atoms with E-state index >= 15 is 0 Å². The Morgan fingerprint density at radius 3 is 2.43 bits per heavy atom. The van der Waals surface area contributed by atoms with Gasteiger partial charge in [-0.25, -0.2) is 4.79 Å². The number of carboxylic acids is 1. The summed E-state index contributed by atoms with van der Waals surface area (Å²) in [5.41, 5.74) is 1.30. The predicted octanol–water partition coefficient (Wildman–Crippen LogP) is 2.79. The van der Waals surface area contributed by atoms with Gasteiger partial charge >= 0.3 is 5.97 Å². The maximum absolute atomic E-state index is 12.5. The van der Waals surface area contributed by atoms with Crippen molar-refractivity contribution in [3.63, 3.8) is 0 Å². The summed E-state index contributed by atoms with van der Waals surface area (Å²) in [7, 11) is 0. The molecule has 1 N–H and O–H groups in total. The molecule has 2 fully saturated rings. The summed E-state index contributed by atoms with van der Waals surface area (Å²) in [6.45, 7) is 1.40. The third-order valence-corrected chi connectivity index (χ3v) is 5.19. The fourth-order valence-electron chi connectivity index (χ4n) is 3.40. The monoisotopic (exact) mass is 381 g/mol. The van der Waals surface area contributed by atoms with Gasteiger partial charge in [-0.3, -0.25) is 4.79 Å². The van der Waals surface area contributed by atoms with Gasteiger partial charge in [-0.05, 0) is 49.3 Å². The highest BCUT2D eigenvalue weighted by Crippen LogP contribution is 2.31. The quantitative estimate of drug-likeness (QED) is 0.873. The lowest BCUT2D eigenvalue weighted by atomic mass is 9.89. The molecule has 6 heteroatoms. The summed E-state index contributed by atoms with van der Waals surface area (Å²) in [5.74, 6) is -0.567. The number of piperidine rings is 1. The summed E-state index contributed by atoms with van der Waals surface area (Å²) in [5, 5.41) is 8.95. The van der Waals surface area contributed by atoms with E-state index in [4.69, 9.17) is 9.84 Å².